The van der Waals surface area contributed by atoms with Crippen LogP contribution in [-0.2, 0) is 18.6 Å². The van der Waals surface area contributed by atoms with E-state index in [1.165, 1.54) is 23.4 Å². The molecule has 3 nitrogen and oxygen atoms in total. The summed E-state index contributed by atoms with van der Waals surface area (Å²) in [5.74, 6) is 3.85. The van der Waals surface area contributed by atoms with Gasteiger partial charge in [-0.1, -0.05) is 6.92 Å². The lowest BCUT2D eigenvalue weighted by Gasteiger charge is -2.25. The van der Waals surface area contributed by atoms with Gasteiger partial charge < -0.3 is 5.32 Å². The van der Waals surface area contributed by atoms with Gasteiger partial charge in [-0.05, 0) is 57.0 Å². The summed E-state index contributed by atoms with van der Waals surface area (Å²) in [6, 6.07) is 0. The van der Waals surface area contributed by atoms with E-state index < -0.39 is 0 Å². The largest absolute Gasteiger partial charge is 0.319 e. The molecule has 1 atom stereocenters. The Labute approximate surface area is 114 Å². The average molecular weight is 265 g/mol. The Bertz CT molecular complexity index is 406. The molecule has 1 unspecified atom stereocenters. The highest BCUT2D eigenvalue weighted by Crippen LogP contribution is 2.26. The van der Waals surface area contributed by atoms with Crippen LogP contribution in [0.15, 0.2) is 0 Å². The van der Waals surface area contributed by atoms with Gasteiger partial charge in [0.2, 0.25) is 0 Å². The minimum atomic E-state index is 0.751. The van der Waals surface area contributed by atoms with Crippen LogP contribution in [-0.4, -0.2) is 29.3 Å². The van der Waals surface area contributed by atoms with Gasteiger partial charge in [0.15, 0.2) is 0 Å². The molecule has 1 N–H and O–H groups in total. The third kappa shape index (κ3) is 3.23. The van der Waals surface area contributed by atoms with Crippen molar-refractivity contribution in [3.8, 4) is 0 Å². The number of nitrogens with zero attached hydrogens (tertiary/aromatic N) is 2. The second-order valence-corrected chi connectivity index (χ2v) is 6.23. The topological polar surface area (TPSA) is 37.8 Å². The van der Waals surface area contributed by atoms with Gasteiger partial charge in [0.05, 0.1) is 5.75 Å². The third-order valence-electron chi connectivity index (χ3n) is 3.56. The molecule has 0 saturated heterocycles. The van der Waals surface area contributed by atoms with Gasteiger partial charge in [0, 0.05) is 11.4 Å². The molecule has 18 heavy (non-hydrogen) atoms. The zero-order chi connectivity index (χ0) is 13.0. The molecule has 0 fully saturated rings. The summed E-state index contributed by atoms with van der Waals surface area (Å²) in [6.07, 6.45) is 3.52. The van der Waals surface area contributed by atoms with Crippen LogP contribution >= 0.6 is 11.8 Å². The number of aromatic nitrogens is 2. The number of thioether (sulfide) groups is 1. The van der Waals surface area contributed by atoms with Crippen LogP contribution in [0.25, 0.3) is 0 Å². The minimum absolute atomic E-state index is 0.751. The van der Waals surface area contributed by atoms with Crippen LogP contribution in [0, 0.1) is 12.8 Å². The fraction of sp³-hybridized carbons (Fsp3) is 0.714. The maximum Gasteiger partial charge on any atom is 0.138 e. The van der Waals surface area contributed by atoms with Gasteiger partial charge in [0.1, 0.15) is 5.82 Å². The summed E-state index contributed by atoms with van der Waals surface area (Å²) in [5.41, 5.74) is 3.92. The van der Waals surface area contributed by atoms with E-state index in [1.807, 2.05) is 18.8 Å². The molecule has 1 aliphatic carbocycles. The Hall–Kier alpha value is -0.610. The highest BCUT2D eigenvalue weighted by Gasteiger charge is 2.22. The highest BCUT2D eigenvalue weighted by molar-refractivity contribution is 7.98. The van der Waals surface area contributed by atoms with Crippen LogP contribution < -0.4 is 5.32 Å². The highest BCUT2D eigenvalue weighted by atomic mass is 32.2. The van der Waals surface area contributed by atoms with E-state index in [4.69, 9.17) is 4.98 Å². The standard InChI is InChI=1S/C14H23N3S/c1-4-18-9-14-16-10(2)12-7-11(8-15-3)5-6-13(12)17-14/h11,15H,4-9H2,1-3H3. The SMILES string of the molecule is CCSCc1nc(C)c2c(n1)CCC(CNC)C2. The first-order valence-corrected chi connectivity index (χ1v) is 7.97. The summed E-state index contributed by atoms with van der Waals surface area (Å²) in [4.78, 5) is 9.42. The summed E-state index contributed by atoms with van der Waals surface area (Å²) >= 11 is 1.89. The second kappa shape index (κ2) is 6.53. The zero-order valence-electron chi connectivity index (χ0n) is 11.6. The maximum atomic E-state index is 4.75. The van der Waals surface area contributed by atoms with E-state index in [0.29, 0.717) is 0 Å². The van der Waals surface area contributed by atoms with Crippen molar-refractivity contribution in [1.29, 1.82) is 0 Å². The number of aryl methyl sites for hydroxylation is 2. The monoisotopic (exact) mass is 265 g/mol. The molecule has 0 saturated carbocycles. The first kappa shape index (κ1) is 13.8. The molecule has 0 bridgehead atoms. The molecule has 1 heterocycles. The third-order valence-corrected chi connectivity index (χ3v) is 4.43. The van der Waals surface area contributed by atoms with Crippen molar-refractivity contribution in [1.82, 2.24) is 15.3 Å². The van der Waals surface area contributed by atoms with Crippen molar-refractivity contribution in [3.63, 3.8) is 0 Å². The minimum Gasteiger partial charge on any atom is -0.319 e. The Kier molecular flexibility index (Phi) is 5.01. The summed E-state index contributed by atoms with van der Waals surface area (Å²) in [5, 5.41) is 3.28. The predicted molar refractivity (Wildman–Crippen MR) is 78.0 cm³/mol. The van der Waals surface area contributed by atoms with E-state index >= 15 is 0 Å². The molecule has 2 rings (SSSR count). The fourth-order valence-electron chi connectivity index (χ4n) is 2.64. The summed E-state index contributed by atoms with van der Waals surface area (Å²) in [7, 11) is 2.03. The molecule has 0 spiro atoms. The summed E-state index contributed by atoms with van der Waals surface area (Å²) in [6.45, 7) is 5.42. The summed E-state index contributed by atoms with van der Waals surface area (Å²) < 4.78 is 0. The molecule has 1 aromatic heterocycles. The van der Waals surface area contributed by atoms with Crippen molar-refractivity contribution in [2.24, 2.45) is 5.92 Å². The Morgan fingerprint density at radius 3 is 2.94 bits per heavy atom. The van der Waals surface area contributed by atoms with Gasteiger partial charge in [-0.2, -0.15) is 11.8 Å². The molecular formula is C14H23N3S. The number of rotatable bonds is 5. The average Bonchev–Trinajstić information content (AvgIpc) is 2.37. The molecular weight excluding hydrogens is 242 g/mol. The fourth-order valence-corrected chi connectivity index (χ4v) is 3.16. The number of fused-ring (bicyclic) bond motifs is 1. The molecule has 1 aliphatic rings. The van der Waals surface area contributed by atoms with Gasteiger partial charge in [0.25, 0.3) is 0 Å². The van der Waals surface area contributed by atoms with Crippen LogP contribution in [0.2, 0.25) is 0 Å². The van der Waals surface area contributed by atoms with E-state index in [9.17, 15) is 0 Å². The molecule has 0 aliphatic heterocycles. The van der Waals surface area contributed by atoms with Crippen molar-refractivity contribution < 1.29 is 0 Å². The van der Waals surface area contributed by atoms with Crippen LogP contribution in [0.3, 0.4) is 0 Å². The quantitative estimate of drug-likeness (QED) is 0.887. The van der Waals surface area contributed by atoms with E-state index in [0.717, 1.165) is 42.6 Å². The maximum absolute atomic E-state index is 4.75. The molecule has 1 aromatic rings. The lowest BCUT2D eigenvalue weighted by atomic mass is 9.86. The van der Waals surface area contributed by atoms with E-state index in [2.05, 4.69) is 24.1 Å². The number of nitrogens with one attached hydrogen (secondary N) is 1. The Morgan fingerprint density at radius 1 is 1.39 bits per heavy atom. The van der Waals surface area contributed by atoms with Crippen molar-refractivity contribution >= 4 is 11.8 Å². The Morgan fingerprint density at radius 2 is 2.22 bits per heavy atom. The van der Waals surface area contributed by atoms with Crippen molar-refractivity contribution in [2.45, 2.75) is 38.9 Å². The van der Waals surface area contributed by atoms with Crippen LogP contribution in [0.4, 0.5) is 0 Å². The normalized spacial score (nSPS) is 18.7. The molecule has 0 aromatic carbocycles. The van der Waals surface area contributed by atoms with Crippen LogP contribution in [0.5, 0.6) is 0 Å². The Balaban J connectivity index is 2.15. The molecule has 0 radical (unpaired) electrons. The number of hydrogen-bond acceptors (Lipinski definition) is 4. The second-order valence-electron chi connectivity index (χ2n) is 4.95. The van der Waals surface area contributed by atoms with Gasteiger partial charge >= 0.3 is 0 Å². The van der Waals surface area contributed by atoms with Crippen LogP contribution in [0.1, 0.15) is 36.1 Å². The first-order valence-electron chi connectivity index (χ1n) is 6.82. The predicted octanol–water partition coefficient (Wildman–Crippen LogP) is 2.36. The van der Waals surface area contributed by atoms with Gasteiger partial charge in [-0.3, -0.25) is 0 Å². The lowest BCUT2D eigenvalue weighted by Crippen LogP contribution is -2.26. The smallest absolute Gasteiger partial charge is 0.138 e. The first-order chi connectivity index (χ1) is 8.74. The van der Waals surface area contributed by atoms with E-state index in [-0.39, 0.29) is 0 Å². The number of hydrogen-bond donors (Lipinski definition) is 1. The zero-order valence-corrected chi connectivity index (χ0v) is 12.4. The van der Waals surface area contributed by atoms with Crippen molar-refractivity contribution in [3.05, 3.63) is 22.8 Å². The van der Waals surface area contributed by atoms with Gasteiger partial charge in [-0.15, -0.1) is 0 Å². The van der Waals surface area contributed by atoms with E-state index in [1.54, 1.807) is 0 Å². The molecule has 0 amide bonds. The van der Waals surface area contributed by atoms with Crippen molar-refractivity contribution in [2.75, 3.05) is 19.3 Å². The van der Waals surface area contributed by atoms with Gasteiger partial charge in [-0.25, -0.2) is 9.97 Å². The molecule has 100 valence electrons. The molecule has 4 heteroatoms. The lowest BCUT2D eigenvalue weighted by molar-refractivity contribution is 0.432.